The largest absolute Gasteiger partial charge is 0.481 e. The second-order valence-electron chi connectivity index (χ2n) is 5.47. The van der Waals surface area contributed by atoms with Gasteiger partial charge in [0.15, 0.2) is 11.2 Å². The van der Waals surface area contributed by atoms with Crippen LogP contribution in [0.1, 0.15) is 6.92 Å². The maximum atomic E-state index is 12.6. The summed E-state index contributed by atoms with van der Waals surface area (Å²) in [4.78, 5) is 16.6. The number of halogens is 2. The number of para-hydroxylation sites is 2. The number of nitrogens with zero attached hydrogens (tertiary/aromatic N) is 1. The summed E-state index contributed by atoms with van der Waals surface area (Å²) in [6, 6.07) is 15.3. The van der Waals surface area contributed by atoms with Gasteiger partial charge in [-0.3, -0.25) is 10.1 Å². The fourth-order valence-corrected chi connectivity index (χ4v) is 3.01. The Bertz CT molecular complexity index is 903. The van der Waals surface area contributed by atoms with Crippen molar-refractivity contribution >= 4 is 22.4 Å². The molecule has 0 aliphatic rings. The van der Waals surface area contributed by atoms with Crippen LogP contribution in [-0.4, -0.2) is 23.6 Å². The van der Waals surface area contributed by atoms with Crippen LogP contribution in [0.15, 0.2) is 60.0 Å². The van der Waals surface area contributed by atoms with Crippen molar-refractivity contribution in [2.45, 2.75) is 19.6 Å². The topological polar surface area (TPSA) is 60.5 Å². The van der Waals surface area contributed by atoms with Crippen molar-refractivity contribution in [1.29, 1.82) is 0 Å². The molecule has 1 amide bonds. The zero-order valence-corrected chi connectivity index (χ0v) is 15.1. The fraction of sp³-hybridized carbons (Fsp3) is 0.158. The van der Waals surface area contributed by atoms with Crippen LogP contribution in [0.25, 0.3) is 11.3 Å². The first kappa shape index (κ1) is 18.8. The van der Waals surface area contributed by atoms with Crippen molar-refractivity contribution < 1.29 is 23.0 Å². The third-order valence-corrected chi connectivity index (χ3v) is 4.30. The molecule has 0 spiro atoms. The highest BCUT2D eigenvalue weighted by atomic mass is 32.1. The normalized spacial score (nSPS) is 11.9. The van der Waals surface area contributed by atoms with Crippen LogP contribution in [0.2, 0.25) is 0 Å². The molecule has 0 bridgehead atoms. The van der Waals surface area contributed by atoms with Crippen LogP contribution in [0.3, 0.4) is 0 Å². The standard InChI is InChI=1S/C19H16F2N2O3S/c1-12(25-13-7-3-2-4-8-13)17(24)23-19-22-15(11-27-19)14-9-5-6-10-16(14)26-18(20)21/h2-12,18H,1H3,(H,22,23,24). The molecule has 0 radical (unpaired) electrons. The van der Waals surface area contributed by atoms with Crippen molar-refractivity contribution in [3.63, 3.8) is 0 Å². The van der Waals surface area contributed by atoms with E-state index < -0.39 is 12.7 Å². The van der Waals surface area contributed by atoms with E-state index in [-0.39, 0.29) is 11.7 Å². The minimum atomic E-state index is -2.93. The zero-order valence-electron chi connectivity index (χ0n) is 14.3. The molecule has 0 saturated carbocycles. The molecular weight excluding hydrogens is 374 g/mol. The van der Waals surface area contributed by atoms with E-state index in [2.05, 4.69) is 15.0 Å². The van der Waals surface area contributed by atoms with Gasteiger partial charge in [0.05, 0.1) is 5.69 Å². The van der Waals surface area contributed by atoms with Gasteiger partial charge in [-0.15, -0.1) is 11.3 Å². The highest BCUT2D eigenvalue weighted by Crippen LogP contribution is 2.33. The van der Waals surface area contributed by atoms with Crippen LogP contribution < -0.4 is 14.8 Å². The number of hydrogen-bond donors (Lipinski definition) is 1. The zero-order chi connectivity index (χ0) is 19.2. The third kappa shape index (κ3) is 5.01. The molecule has 3 aromatic rings. The van der Waals surface area contributed by atoms with Crippen LogP contribution in [0, 0.1) is 0 Å². The van der Waals surface area contributed by atoms with Crippen molar-refractivity contribution in [3.8, 4) is 22.8 Å². The number of carbonyl (C=O) groups excluding carboxylic acids is 1. The fourth-order valence-electron chi connectivity index (χ4n) is 2.30. The maximum absolute atomic E-state index is 12.6. The summed E-state index contributed by atoms with van der Waals surface area (Å²) in [6.45, 7) is -1.30. The molecule has 8 heteroatoms. The summed E-state index contributed by atoms with van der Waals surface area (Å²) in [7, 11) is 0. The summed E-state index contributed by atoms with van der Waals surface area (Å²) >= 11 is 1.18. The van der Waals surface area contributed by atoms with E-state index in [9.17, 15) is 13.6 Å². The molecule has 27 heavy (non-hydrogen) atoms. The van der Waals surface area contributed by atoms with Gasteiger partial charge in [0.25, 0.3) is 5.91 Å². The molecule has 1 unspecified atom stereocenters. The second-order valence-corrected chi connectivity index (χ2v) is 6.33. The number of ether oxygens (including phenoxy) is 2. The van der Waals surface area contributed by atoms with Gasteiger partial charge in [-0.1, -0.05) is 30.3 Å². The first-order valence-corrected chi connectivity index (χ1v) is 8.93. The number of hydrogen-bond acceptors (Lipinski definition) is 5. The number of alkyl halides is 2. The first-order valence-electron chi connectivity index (χ1n) is 8.05. The van der Waals surface area contributed by atoms with Crippen LogP contribution in [-0.2, 0) is 4.79 Å². The molecule has 2 aromatic carbocycles. The third-order valence-electron chi connectivity index (χ3n) is 3.54. The van der Waals surface area contributed by atoms with Crippen molar-refractivity contribution in [2.24, 2.45) is 0 Å². The summed E-state index contributed by atoms with van der Waals surface area (Å²) in [5.74, 6) is 0.242. The van der Waals surface area contributed by atoms with Gasteiger partial charge in [-0.25, -0.2) is 4.98 Å². The highest BCUT2D eigenvalue weighted by Gasteiger charge is 2.18. The van der Waals surface area contributed by atoms with Gasteiger partial charge in [0.2, 0.25) is 0 Å². The molecule has 1 N–H and O–H groups in total. The summed E-state index contributed by atoms with van der Waals surface area (Å²) < 4.78 is 35.2. The smallest absolute Gasteiger partial charge is 0.387 e. The van der Waals surface area contributed by atoms with Gasteiger partial charge in [-0.2, -0.15) is 8.78 Å². The lowest BCUT2D eigenvalue weighted by molar-refractivity contribution is -0.122. The minimum Gasteiger partial charge on any atom is -0.481 e. The van der Waals surface area contributed by atoms with Gasteiger partial charge >= 0.3 is 6.61 Å². The van der Waals surface area contributed by atoms with E-state index >= 15 is 0 Å². The van der Waals surface area contributed by atoms with E-state index in [0.29, 0.717) is 22.1 Å². The van der Waals surface area contributed by atoms with Crippen molar-refractivity contribution in [1.82, 2.24) is 4.98 Å². The highest BCUT2D eigenvalue weighted by molar-refractivity contribution is 7.14. The molecule has 1 aromatic heterocycles. The van der Waals surface area contributed by atoms with E-state index in [1.54, 1.807) is 42.6 Å². The van der Waals surface area contributed by atoms with E-state index in [0.717, 1.165) is 0 Å². The maximum Gasteiger partial charge on any atom is 0.387 e. The SMILES string of the molecule is CC(Oc1ccccc1)C(=O)Nc1nc(-c2ccccc2OC(F)F)cs1. The Hall–Kier alpha value is -3.00. The summed E-state index contributed by atoms with van der Waals surface area (Å²) in [5.41, 5.74) is 0.853. The van der Waals surface area contributed by atoms with E-state index in [4.69, 9.17) is 4.74 Å². The number of nitrogens with one attached hydrogen (secondary N) is 1. The van der Waals surface area contributed by atoms with Gasteiger partial charge in [0, 0.05) is 10.9 Å². The number of amides is 1. The Kier molecular flexibility index (Phi) is 5.97. The average Bonchev–Trinajstić information content (AvgIpc) is 3.10. The molecule has 0 saturated heterocycles. The summed E-state index contributed by atoms with van der Waals surface area (Å²) in [5, 5.41) is 4.66. The van der Waals surface area contributed by atoms with Crippen LogP contribution in [0.4, 0.5) is 13.9 Å². The Labute approximate surface area is 158 Å². The molecule has 0 aliphatic heterocycles. The van der Waals surface area contributed by atoms with Gasteiger partial charge < -0.3 is 9.47 Å². The lowest BCUT2D eigenvalue weighted by Crippen LogP contribution is -2.30. The second kappa shape index (κ2) is 8.59. The number of aromatic nitrogens is 1. The number of rotatable bonds is 7. The molecule has 1 heterocycles. The molecule has 0 aliphatic carbocycles. The van der Waals surface area contributed by atoms with Crippen molar-refractivity contribution in [2.75, 3.05) is 5.32 Å². The Morgan fingerprint density at radius 2 is 1.78 bits per heavy atom. The number of anilines is 1. The Morgan fingerprint density at radius 1 is 1.07 bits per heavy atom. The lowest BCUT2D eigenvalue weighted by atomic mass is 10.1. The van der Waals surface area contributed by atoms with E-state index in [1.165, 1.54) is 17.4 Å². The molecule has 3 rings (SSSR count). The number of thiazole rings is 1. The number of carbonyl (C=O) groups is 1. The van der Waals surface area contributed by atoms with Crippen LogP contribution in [0.5, 0.6) is 11.5 Å². The quantitative estimate of drug-likeness (QED) is 0.628. The minimum absolute atomic E-state index is 0.0245. The molecule has 1 atom stereocenters. The number of benzene rings is 2. The van der Waals surface area contributed by atoms with E-state index in [1.807, 2.05) is 18.2 Å². The average molecular weight is 390 g/mol. The molecule has 5 nitrogen and oxygen atoms in total. The van der Waals surface area contributed by atoms with Crippen LogP contribution >= 0.6 is 11.3 Å². The Balaban J connectivity index is 1.68. The molecular formula is C19H16F2N2O3S. The predicted octanol–water partition coefficient (Wildman–Crippen LogP) is 4.82. The summed E-state index contributed by atoms with van der Waals surface area (Å²) in [6.07, 6.45) is -0.728. The lowest BCUT2D eigenvalue weighted by Gasteiger charge is -2.13. The monoisotopic (exact) mass is 390 g/mol. The van der Waals surface area contributed by atoms with Crippen molar-refractivity contribution in [3.05, 3.63) is 60.0 Å². The predicted molar refractivity (Wildman–Crippen MR) is 99.3 cm³/mol. The first-order chi connectivity index (χ1) is 13.0. The molecule has 0 fully saturated rings. The Morgan fingerprint density at radius 3 is 2.52 bits per heavy atom. The molecule has 140 valence electrons. The van der Waals surface area contributed by atoms with Gasteiger partial charge in [-0.05, 0) is 31.2 Å². The van der Waals surface area contributed by atoms with Gasteiger partial charge in [0.1, 0.15) is 11.5 Å².